The number of nitro benzene ring substituents is 1. The van der Waals surface area contributed by atoms with Gasteiger partial charge >= 0.3 is 0 Å². The van der Waals surface area contributed by atoms with E-state index in [2.05, 4.69) is 5.32 Å². The van der Waals surface area contributed by atoms with Crippen LogP contribution >= 0.6 is 11.6 Å². The molecule has 0 saturated carbocycles. The molecule has 20 heavy (non-hydrogen) atoms. The van der Waals surface area contributed by atoms with E-state index in [-0.39, 0.29) is 34.7 Å². The van der Waals surface area contributed by atoms with Gasteiger partial charge in [0.2, 0.25) is 0 Å². The summed E-state index contributed by atoms with van der Waals surface area (Å²) in [6.45, 7) is 2.54. The first-order chi connectivity index (χ1) is 9.45. The summed E-state index contributed by atoms with van der Waals surface area (Å²) in [7, 11) is 0. The zero-order chi connectivity index (χ0) is 15.1. The van der Waals surface area contributed by atoms with Gasteiger partial charge < -0.3 is 10.4 Å². The van der Waals surface area contributed by atoms with E-state index >= 15 is 0 Å². The summed E-state index contributed by atoms with van der Waals surface area (Å²) in [5.41, 5.74) is 0.0655. The number of aliphatic hydroxyl groups excluding tert-OH is 1. The standard InChI is InChI=1S/C13H17ClN2O4/c1-9(8-17)3-2-6-15-13(18)10-4-5-12(16(19)20)11(14)7-10/h4-5,7,9,17H,2-3,6,8H2,1H3,(H,15,18). The number of hydrogen-bond donors (Lipinski definition) is 2. The van der Waals surface area contributed by atoms with Crippen LogP contribution in [0.1, 0.15) is 30.1 Å². The van der Waals surface area contributed by atoms with E-state index in [1.165, 1.54) is 18.2 Å². The van der Waals surface area contributed by atoms with Crippen molar-refractivity contribution in [3.05, 3.63) is 38.9 Å². The third kappa shape index (κ3) is 4.79. The molecule has 1 amide bonds. The number of carbonyl (C=O) groups is 1. The number of carbonyl (C=O) groups excluding carboxylic acids is 1. The van der Waals surface area contributed by atoms with Crippen molar-refractivity contribution in [2.45, 2.75) is 19.8 Å². The van der Waals surface area contributed by atoms with Gasteiger partial charge in [0, 0.05) is 24.8 Å². The highest BCUT2D eigenvalue weighted by molar-refractivity contribution is 6.33. The zero-order valence-corrected chi connectivity index (χ0v) is 11.9. The van der Waals surface area contributed by atoms with Gasteiger partial charge in [0.1, 0.15) is 5.02 Å². The molecular formula is C13H17ClN2O4. The molecule has 0 spiro atoms. The lowest BCUT2D eigenvalue weighted by Gasteiger charge is -2.08. The second-order valence-corrected chi connectivity index (χ2v) is 5.02. The summed E-state index contributed by atoms with van der Waals surface area (Å²) in [5.74, 6) is -0.112. The van der Waals surface area contributed by atoms with Crippen LogP contribution in [0, 0.1) is 16.0 Å². The highest BCUT2D eigenvalue weighted by Gasteiger charge is 2.15. The molecule has 0 fully saturated rings. The number of nitrogens with one attached hydrogen (secondary N) is 1. The molecule has 1 unspecified atom stereocenters. The van der Waals surface area contributed by atoms with Crippen molar-refractivity contribution in [3.8, 4) is 0 Å². The van der Waals surface area contributed by atoms with Gasteiger partial charge in [-0.1, -0.05) is 18.5 Å². The van der Waals surface area contributed by atoms with Crippen LogP contribution in [0.25, 0.3) is 0 Å². The van der Waals surface area contributed by atoms with E-state index < -0.39 is 4.92 Å². The average molecular weight is 301 g/mol. The first-order valence-electron chi connectivity index (χ1n) is 6.28. The monoisotopic (exact) mass is 300 g/mol. The summed E-state index contributed by atoms with van der Waals surface area (Å²) < 4.78 is 0. The molecule has 1 aromatic rings. The zero-order valence-electron chi connectivity index (χ0n) is 11.1. The SMILES string of the molecule is CC(CO)CCCNC(=O)c1ccc([N+](=O)[O-])c(Cl)c1. The highest BCUT2D eigenvalue weighted by atomic mass is 35.5. The number of aliphatic hydroxyl groups is 1. The molecule has 0 saturated heterocycles. The first-order valence-corrected chi connectivity index (χ1v) is 6.66. The van der Waals surface area contributed by atoms with Gasteiger partial charge in [0.15, 0.2) is 0 Å². The summed E-state index contributed by atoms with van der Waals surface area (Å²) in [5, 5.41) is 22.1. The minimum Gasteiger partial charge on any atom is -0.396 e. The Morgan fingerprint density at radius 3 is 2.80 bits per heavy atom. The van der Waals surface area contributed by atoms with Crippen molar-refractivity contribution in [2.75, 3.05) is 13.2 Å². The topological polar surface area (TPSA) is 92.5 Å². The molecule has 0 heterocycles. The van der Waals surface area contributed by atoms with Gasteiger partial charge in [-0.05, 0) is 30.9 Å². The van der Waals surface area contributed by atoms with E-state index in [1.807, 2.05) is 6.92 Å². The second kappa shape index (κ2) is 7.81. The molecule has 0 aromatic heterocycles. The van der Waals surface area contributed by atoms with E-state index in [9.17, 15) is 14.9 Å². The lowest BCUT2D eigenvalue weighted by Crippen LogP contribution is -2.24. The molecule has 6 nitrogen and oxygen atoms in total. The Bertz CT molecular complexity index is 493. The van der Waals surface area contributed by atoms with Gasteiger partial charge in [-0.3, -0.25) is 14.9 Å². The van der Waals surface area contributed by atoms with Crippen LogP contribution in [0.2, 0.25) is 5.02 Å². The Hall–Kier alpha value is -1.66. The van der Waals surface area contributed by atoms with Crippen LogP contribution in [-0.2, 0) is 0 Å². The normalized spacial score (nSPS) is 11.9. The van der Waals surface area contributed by atoms with Crippen LogP contribution in [0.3, 0.4) is 0 Å². The molecule has 0 radical (unpaired) electrons. The van der Waals surface area contributed by atoms with Crippen molar-refractivity contribution in [1.29, 1.82) is 0 Å². The van der Waals surface area contributed by atoms with Gasteiger partial charge in [-0.15, -0.1) is 0 Å². The van der Waals surface area contributed by atoms with Gasteiger partial charge in [0.05, 0.1) is 4.92 Å². The van der Waals surface area contributed by atoms with E-state index in [0.717, 1.165) is 12.8 Å². The lowest BCUT2D eigenvalue weighted by atomic mass is 10.1. The van der Waals surface area contributed by atoms with E-state index in [4.69, 9.17) is 16.7 Å². The molecule has 0 aliphatic heterocycles. The second-order valence-electron chi connectivity index (χ2n) is 4.61. The van der Waals surface area contributed by atoms with Crippen molar-refractivity contribution in [2.24, 2.45) is 5.92 Å². The Balaban J connectivity index is 2.52. The maximum Gasteiger partial charge on any atom is 0.287 e. The predicted octanol–water partition coefficient (Wildman–Crippen LogP) is 2.39. The Labute approximate surface area is 121 Å². The minimum absolute atomic E-state index is 0.0587. The quantitative estimate of drug-likeness (QED) is 0.459. The Morgan fingerprint density at radius 1 is 1.55 bits per heavy atom. The number of hydrogen-bond acceptors (Lipinski definition) is 4. The van der Waals surface area contributed by atoms with Crippen molar-refractivity contribution >= 4 is 23.2 Å². The van der Waals surface area contributed by atoms with Gasteiger partial charge in [-0.25, -0.2) is 0 Å². The molecule has 1 aromatic carbocycles. The molecule has 0 aliphatic carbocycles. The summed E-state index contributed by atoms with van der Waals surface area (Å²) in [4.78, 5) is 21.8. The minimum atomic E-state index is -0.597. The molecule has 0 aliphatic rings. The molecule has 7 heteroatoms. The Kier molecular flexibility index (Phi) is 6.41. The molecule has 110 valence electrons. The molecular weight excluding hydrogens is 284 g/mol. The smallest absolute Gasteiger partial charge is 0.287 e. The number of rotatable bonds is 7. The number of nitrogens with zero attached hydrogens (tertiary/aromatic N) is 1. The molecule has 1 atom stereocenters. The Morgan fingerprint density at radius 2 is 2.25 bits per heavy atom. The van der Waals surface area contributed by atoms with Crippen molar-refractivity contribution < 1.29 is 14.8 Å². The number of nitro groups is 1. The van der Waals surface area contributed by atoms with Crippen molar-refractivity contribution in [3.63, 3.8) is 0 Å². The van der Waals surface area contributed by atoms with Gasteiger partial charge in [0.25, 0.3) is 11.6 Å². The van der Waals surface area contributed by atoms with E-state index in [1.54, 1.807) is 0 Å². The third-order valence-electron chi connectivity index (χ3n) is 2.88. The first kappa shape index (κ1) is 16.4. The fourth-order valence-electron chi connectivity index (χ4n) is 1.64. The van der Waals surface area contributed by atoms with Crippen molar-refractivity contribution in [1.82, 2.24) is 5.32 Å². The lowest BCUT2D eigenvalue weighted by molar-refractivity contribution is -0.384. The summed E-state index contributed by atoms with van der Waals surface area (Å²) in [6, 6.07) is 3.87. The molecule has 2 N–H and O–H groups in total. The van der Waals surface area contributed by atoms with Crippen LogP contribution < -0.4 is 5.32 Å². The third-order valence-corrected chi connectivity index (χ3v) is 3.18. The van der Waals surface area contributed by atoms with Crippen LogP contribution in [0.15, 0.2) is 18.2 Å². The largest absolute Gasteiger partial charge is 0.396 e. The van der Waals surface area contributed by atoms with Crippen LogP contribution in [0.5, 0.6) is 0 Å². The number of halogens is 1. The number of benzene rings is 1. The fourth-order valence-corrected chi connectivity index (χ4v) is 1.89. The molecule has 0 bridgehead atoms. The maximum atomic E-state index is 11.8. The maximum absolute atomic E-state index is 11.8. The van der Waals surface area contributed by atoms with E-state index in [0.29, 0.717) is 6.54 Å². The summed E-state index contributed by atoms with van der Waals surface area (Å²) >= 11 is 5.74. The van der Waals surface area contributed by atoms with Gasteiger partial charge in [-0.2, -0.15) is 0 Å². The predicted molar refractivity (Wildman–Crippen MR) is 75.9 cm³/mol. The summed E-state index contributed by atoms with van der Waals surface area (Å²) in [6.07, 6.45) is 1.58. The average Bonchev–Trinajstić information content (AvgIpc) is 2.42. The number of amides is 1. The van der Waals surface area contributed by atoms with Crippen LogP contribution in [0.4, 0.5) is 5.69 Å². The molecule has 1 rings (SSSR count). The highest BCUT2D eigenvalue weighted by Crippen LogP contribution is 2.24. The fraction of sp³-hybridized carbons (Fsp3) is 0.462. The van der Waals surface area contributed by atoms with Crippen LogP contribution in [-0.4, -0.2) is 29.1 Å².